The van der Waals surface area contributed by atoms with Crippen molar-refractivity contribution in [2.24, 2.45) is 5.92 Å². The van der Waals surface area contributed by atoms with Gasteiger partial charge >= 0.3 is 6.18 Å². The largest absolute Gasteiger partial charge is 0.393 e. The Bertz CT molecular complexity index is 386. The van der Waals surface area contributed by atoms with E-state index in [-0.39, 0.29) is 6.42 Å². The van der Waals surface area contributed by atoms with Gasteiger partial charge in [0.2, 0.25) is 0 Å². The van der Waals surface area contributed by atoms with E-state index in [9.17, 15) is 13.2 Å². The molecule has 0 saturated heterocycles. The van der Waals surface area contributed by atoms with E-state index in [0.29, 0.717) is 19.4 Å². The predicted octanol–water partition coefficient (Wildman–Crippen LogP) is 4.27. The number of rotatable bonds is 3. The van der Waals surface area contributed by atoms with Crippen LogP contribution in [0, 0.1) is 12.8 Å². The van der Waals surface area contributed by atoms with Gasteiger partial charge in [-0.05, 0) is 36.8 Å². The Morgan fingerprint density at radius 2 is 2.06 bits per heavy atom. The lowest BCUT2D eigenvalue weighted by molar-refractivity contribution is -0.189. The molecule has 0 aliphatic heterocycles. The first-order valence-electron chi connectivity index (χ1n) is 6.31. The number of hydrogen-bond acceptors (Lipinski definition) is 2. The second-order valence-electron chi connectivity index (χ2n) is 4.95. The monoisotopic (exact) mass is 277 g/mol. The molecule has 0 bridgehead atoms. The zero-order valence-electron chi connectivity index (χ0n) is 10.4. The number of alkyl halides is 3. The Kier molecular flexibility index (Phi) is 4.33. The second-order valence-corrected chi connectivity index (χ2v) is 5.95. The van der Waals surface area contributed by atoms with E-state index in [1.54, 1.807) is 11.3 Å². The summed E-state index contributed by atoms with van der Waals surface area (Å²) in [6, 6.07) is 1.59. The predicted molar refractivity (Wildman–Crippen MR) is 67.7 cm³/mol. The first-order valence-corrected chi connectivity index (χ1v) is 7.19. The molecule has 1 nitrogen and oxygen atoms in total. The van der Waals surface area contributed by atoms with Crippen LogP contribution in [0.15, 0.2) is 11.4 Å². The molecule has 1 heterocycles. The lowest BCUT2D eigenvalue weighted by atomic mass is 9.84. The average Bonchev–Trinajstić information content (AvgIpc) is 2.71. The third-order valence-electron chi connectivity index (χ3n) is 3.68. The fourth-order valence-corrected chi connectivity index (χ4v) is 3.43. The molecule has 5 heteroatoms. The molecule has 0 aromatic carbocycles. The molecule has 1 N–H and O–H groups in total. The fourth-order valence-electron chi connectivity index (χ4n) is 2.58. The molecule has 1 fully saturated rings. The van der Waals surface area contributed by atoms with E-state index >= 15 is 0 Å². The fraction of sp³-hybridized carbons (Fsp3) is 0.692. The lowest BCUT2D eigenvalue weighted by Crippen LogP contribution is -2.45. The number of hydrogen-bond donors (Lipinski definition) is 1. The van der Waals surface area contributed by atoms with E-state index in [1.165, 1.54) is 0 Å². The molecule has 2 atom stereocenters. The molecule has 1 aliphatic carbocycles. The summed E-state index contributed by atoms with van der Waals surface area (Å²) in [7, 11) is 0. The highest BCUT2D eigenvalue weighted by atomic mass is 32.1. The second kappa shape index (κ2) is 5.61. The van der Waals surface area contributed by atoms with Crippen molar-refractivity contribution in [1.29, 1.82) is 0 Å². The number of aryl methyl sites for hydroxylation is 1. The minimum absolute atomic E-state index is 0.268. The molecule has 2 rings (SSSR count). The van der Waals surface area contributed by atoms with Crippen LogP contribution in [0.2, 0.25) is 0 Å². The molecule has 0 spiro atoms. The van der Waals surface area contributed by atoms with Gasteiger partial charge in [-0.25, -0.2) is 0 Å². The van der Waals surface area contributed by atoms with Crippen LogP contribution in [0.5, 0.6) is 0 Å². The van der Waals surface area contributed by atoms with Crippen molar-refractivity contribution in [2.45, 2.75) is 51.4 Å². The standard InChI is InChI=1S/C13H18F3NS/c1-9-6-7-18-12(9)8-17-11-5-3-2-4-10(11)13(14,15)16/h6-7,10-11,17H,2-5,8H2,1H3. The van der Waals surface area contributed by atoms with Crippen LogP contribution < -0.4 is 5.32 Å². The van der Waals surface area contributed by atoms with Crippen LogP contribution in [0.1, 0.15) is 36.1 Å². The minimum atomic E-state index is -4.07. The molecule has 1 aromatic rings. The number of nitrogens with one attached hydrogen (secondary N) is 1. The summed E-state index contributed by atoms with van der Waals surface area (Å²) in [6.07, 6.45) is -1.57. The van der Waals surface area contributed by atoms with Gasteiger partial charge < -0.3 is 5.32 Å². The maximum Gasteiger partial charge on any atom is 0.393 e. The van der Waals surface area contributed by atoms with E-state index in [4.69, 9.17) is 0 Å². The lowest BCUT2D eigenvalue weighted by Gasteiger charge is -2.33. The Morgan fingerprint density at radius 3 is 2.67 bits per heavy atom. The zero-order valence-corrected chi connectivity index (χ0v) is 11.2. The van der Waals surface area contributed by atoms with Gasteiger partial charge in [0, 0.05) is 17.5 Å². The maximum atomic E-state index is 12.9. The Morgan fingerprint density at radius 1 is 1.33 bits per heavy atom. The first kappa shape index (κ1) is 13.9. The Balaban J connectivity index is 1.96. The van der Waals surface area contributed by atoms with Crippen LogP contribution in [-0.2, 0) is 6.54 Å². The van der Waals surface area contributed by atoms with Crippen molar-refractivity contribution in [3.63, 3.8) is 0 Å². The van der Waals surface area contributed by atoms with Crippen molar-refractivity contribution in [3.8, 4) is 0 Å². The highest BCUT2D eigenvalue weighted by molar-refractivity contribution is 7.10. The molecular weight excluding hydrogens is 259 g/mol. The van der Waals surface area contributed by atoms with Crippen molar-refractivity contribution < 1.29 is 13.2 Å². The van der Waals surface area contributed by atoms with Crippen LogP contribution >= 0.6 is 11.3 Å². The quantitative estimate of drug-likeness (QED) is 0.870. The third-order valence-corrected chi connectivity index (χ3v) is 4.70. The van der Waals surface area contributed by atoms with Crippen molar-refractivity contribution in [1.82, 2.24) is 5.32 Å². The summed E-state index contributed by atoms with van der Waals surface area (Å²) in [4.78, 5) is 1.14. The van der Waals surface area contributed by atoms with Crippen molar-refractivity contribution >= 4 is 11.3 Å². The molecular formula is C13H18F3NS. The molecule has 1 aromatic heterocycles. The summed E-state index contributed by atoms with van der Waals surface area (Å²) >= 11 is 1.60. The molecule has 0 amide bonds. The molecule has 1 aliphatic rings. The van der Waals surface area contributed by atoms with Gasteiger partial charge in [-0.2, -0.15) is 13.2 Å². The highest BCUT2D eigenvalue weighted by Gasteiger charge is 2.45. The summed E-state index contributed by atoms with van der Waals surface area (Å²) in [5.74, 6) is -1.17. The van der Waals surface area contributed by atoms with Crippen molar-refractivity contribution in [3.05, 3.63) is 21.9 Å². The van der Waals surface area contributed by atoms with Crippen LogP contribution in [0.4, 0.5) is 13.2 Å². The topological polar surface area (TPSA) is 12.0 Å². The van der Waals surface area contributed by atoms with E-state index < -0.39 is 18.1 Å². The van der Waals surface area contributed by atoms with Crippen LogP contribution in [-0.4, -0.2) is 12.2 Å². The van der Waals surface area contributed by atoms with Crippen molar-refractivity contribution in [2.75, 3.05) is 0 Å². The summed E-state index contributed by atoms with van der Waals surface area (Å²) in [6.45, 7) is 2.55. The van der Waals surface area contributed by atoms with Gasteiger partial charge in [0.25, 0.3) is 0 Å². The zero-order chi connectivity index (χ0) is 13.2. The van der Waals surface area contributed by atoms with Crippen LogP contribution in [0.25, 0.3) is 0 Å². The number of halogens is 3. The minimum Gasteiger partial charge on any atom is -0.308 e. The SMILES string of the molecule is Cc1ccsc1CNC1CCCCC1C(F)(F)F. The van der Waals surface area contributed by atoms with Gasteiger partial charge in [-0.15, -0.1) is 11.3 Å². The summed E-state index contributed by atoms with van der Waals surface area (Å²) in [5.41, 5.74) is 1.16. The normalized spacial score (nSPS) is 25.3. The molecule has 18 heavy (non-hydrogen) atoms. The van der Waals surface area contributed by atoms with Gasteiger partial charge in [0.1, 0.15) is 0 Å². The van der Waals surface area contributed by atoms with Gasteiger partial charge in [0.05, 0.1) is 5.92 Å². The van der Waals surface area contributed by atoms with Gasteiger partial charge in [-0.3, -0.25) is 0 Å². The highest BCUT2D eigenvalue weighted by Crippen LogP contribution is 2.37. The van der Waals surface area contributed by atoms with Gasteiger partial charge in [0.15, 0.2) is 0 Å². The molecule has 0 radical (unpaired) electrons. The average molecular weight is 277 g/mol. The Labute approximate surface area is 109 Å². The molecule has 102 valence electrons. The van der Waals surface area contributed by atoms with E-state index in [2.05, 4.69) is 5.32 Å². The first-order chi connectivity index (χ1) is 8.48. The third kappa shape index (κ3) is 3.26. The van der Waals surface area contributed by atoms with E-state index in [1.807, 2.05) is 18.4 Å². The smallest absolute Gasteiger partial charge is 0.308 e. The van der Waals surface area contributed by atoms with Gasteiger partial charge in [-0.1, -0.05) is 12.8 Å². The summed E-state index contributed by atoms with van der Waals surface area (Å²) < 4.78 is 38.7. The molecule has 2 unspecified atom stereocenters. The van der Waals surface area contributed by atoms with Crippen LogP contribution in [0.3, 0.4) is 0 Å². The summed E-state index contributed by atoms with van der Waals surface area (Å²) in [5, 5.41) is 5.09. The number of thiophene rings is 1. The van der Waals surface area contributed by atoms with E-state index in [0.717, 1.165) is 16.9 Å². The maximum absolute atomic E-state index is 12.9. The Hall–Kier alpha value is -0.550. The molecule has 1 saturated carbocycles.